The van der Waals surface area contributed by atoms with Crippen LogP contribution in [0.1, 0.15) is 29.2 Å². The van der Waals surface area contributed by atoms with Gasteiger partial charge in [-0.15, -0.1) is 0 Å². The van der Waals surface area contributed by atoms with E-state index in [1.54, 1.807) is 0 Å². The van der Waals surface area contributed by atoms with E-state index in [4.69, 9.17) is 0 Å². The van der Waals surface area contributed by atoms with E-state index in [0.717, 1.165) is 17.7 Å². The molecule has 2 aromatic rings. The highest BCUT2D eigenvalue weighted by Gasteiger charge is 2.08. The second-order valence-electron chi connectivity index (χ2n) is 5.17. The highest BCUT2D eigenvalue weighted by atomic mass is 16.1. The molecule has 0 unspecified atom stereocenters. The molecule has 0 aromatic heterocycles. The van der Waals surface area contributed by atoms with Gasteiger partial charge in [-0.25, -0.2) is 0 Å². The molecule has 0 fully saturated rings. The highest BCUT2D eigenvalue weighted by Crippen LogP contribution is 2.17. The molecule has 1 N–H and O–H groups in total. The molecule has 2 aromatic carbocycles. The highest BCUT2D eigenvalue weighted by molar-refractivity contribution is 5.93. The lowest BCUT2D eigenvalue weighted by atomic mass is 10.0. The van der Waals surface area contributed by atoms with Crippen LogP contribution in [0.25, 0.3) is 0 Å². The Morgan fingerprint density at radius 1 is 1.05 bits per heavy atom. The average molecular weight is 267 g/mol. The van der Waals surface area contributed by atoms with Gasteiger partial charge in [-0.2, -0.15) is 0 Å². The van der Waals surface area contributed by atoms with Gasteiger partial charge in [0.2, 0.25) is 5.91 Å². The van der Waals surface area contributed by atoms with Crippen LogP contribution in [0.5, 0.6) is 0 Å². The number of para-hydroxylation sites is 1. The molecule has 0 radical (unpaired) electrons. The standard InChI is InChI=1S/C18H21NO/c1-4-15-7-5-6-8-17(15)19-18(20)12-16-10-9-13(2)11-14(16)3/h5-11H,4,12H2,1-3H3,(H,19,20). The van der Waals surface area contributed by atoms with Gasteiger partial charge in [-0.3, -0.25) is 4.79 Å². The molecule has 0 heterocycles. The lowest BCUT2D eigenvalue weighted by molar-refractivity contribution is -0.115. The van der Waals surface area contributed by atoms with E-state index in [1.165, 1.54) is 16.7 Å². The van der Waals surface area contributed by atoms with Gasteiger partial charge in [-0.1, -0.05) is 48.9 Å². The first-order chi connectivity index (χ1) is 9.60. The molecule has 2 heteroatoms. The summed E-state index contributed by atoms with van der Waals surface area (Å²) in [5.74, 6) is 0.0397. The number of carbonyl (C=O) groups excluding carboxylic acids is 1. The number of aryl methyl sites for hydroxylation is 3. The third-order valence-corrected chi connectivity index (χ3v) is 3.52. The Balaban J connectivity index is 2.09. The zero-order chi connectivity index (χ0) is 14.5. The summed E-state index contributed by atoms with van der Waals surface area (Å²) in [6.45, 7) is 6.21. The van der Waals surface area contributed by atoms with Crippen molar-refractivity contribution in [2.45, 2.75) is 33.6 Å². The van der Waals surface area contributed by atoms with Crippen LogP contribution in [0.15, 0.2) is 42.5 Å². The summed E-state index contributed by atoms with van der Waals surface area (Å²) >= 11 is 0. The predicted octanol–water partition coefficient (Wildman–Crippen LogP) is 4.05. The van der Waals surface area contributed by atoms with Crippen LogP contribution in [0, 0.1) is 13.8 Å². The van der Waals surface area contributed by atoms with Crippen molar-refractivity contribution < 1.29 is 4.79 Å². The van der Waals surface area contributed by atoms with Crippen LogP contribution in [-0.2, 0) is 17.6 Å². The maximum Gasteiger partial charge on any atom is 0.228 e. The summed E-state index contributed by atoms with van der Waals surface area (Å²) in [6, 6.07) is 14.2. The van der Waals surface area contributed by atoms with Crippen molar-refractivity contribution in [2.24, 2.45) is 0 Å². The Hall–Kier alpha value is -2.09. The van der Waals surface area contributed by atoms with E-state index in [9.17, 15) is 4.79 Å². The van der Waals surface area contributed by atoms with E-state index in [-0.39, 0.29) is 5.91 Å². The van der Waals surface area contributed by atoms with E-state index in [1.807, 2.05) is 30.3 Å². The van der Waals surface area contributed by atoms with Crippen molar-refractivity contribution in [2.75, 3.05) is 5.32 Å². The smallest absolute Gasteiger partial charge is 0.228 e. The Kier molecular flexibility index (Phi) is 4.57. The fraction of sp³-hybridized carbons (Fsp3) is 0.278. The SMILES string of the molecule is CCc1ccccc1NC(=O)Cc1ccc(C)cc1C. The monoisotopic (exact) mass is 267 g/mol. The zero-order valence-corrected chi connectivity index (χ0v) is 12.4. The summed E-state index contributed by atoms with van der Waals surface area (Å²) in [4.78, 5) is 12.2. The van der Waals surface area contributed by atoms with E-state index < -0.39 is 0 Å². The van der Waals surface area contributed by atoms with Gasteiger partial charge < -0.3 is 5.32 Å². The van der Waals surface area contributed by atoms with Gasteiger partial charge >= 0.3 is 0 Å². The summed E-state index contributed by atoms with van der Waals surface area (Å²) in [6.07, 6.45) is 1.34. The fourth-order valence-electron chi connectivity index (χ4n) is 2.36. The van der Waals surface area contributed by atoms with Gasteiger partial charge in [0.25, 0.3) is 0 Å². The number of amides is 1. The van der Waals surface area contributed by atoms with Crippen LogP contribution < -0.4 is 5.32 Å². The Bertz CT molecular complexity index is 617. The first-order valence-electron chi connectivity index (χ1n) is 7.04. The van der Waals surface area contributed by atoms with Crippen LogP contribution in [0.3, 0.4) is 0 Å². The Labute approximate surface area is 120 Å². The predicted molar refractivity (Wildman–Crippen MR) is 84.1 cm³/mol. The molecule has 2 nitrogen and oxygen atoms in total. The minimum Gasteiger partial charge on any atom is -0.326 e. The van der Waals surface area contributed by atoms with Crippen molar-refractivity contribution in [3.63, 3.8) is 0 Å². The van der Waals surface area contributed by atoms with E-state index in [0.29, 0.717) is 6.42 Å². The van der Waals surface area contributed by atoms with Gasteiger partial charge in [0.15, 0.2) is 0 Å². The molecule has 0 bridgehead atoms. The fourth-order valence-corrected chi connectivity index (χ4v) is 2.36. The quantitative estimate of drug-likeness (QED) is 0.889. The maximum absolute atomic E-state index is 12.2. The molecule has 0 saturated carbocycles. The molecule has 0 atom stereocenters. The molecule has 0 spiro atoms. The van der Waals surface area contributed by atoms with Gasteiger partial charge in [0.05, 0.1) is 6.42 Å². The van der Waals surface area contributed by atoms with Crippen LogP contribution in [0.2, 0.25) is 0 Å². The Morgan fingerprint density at radius 3 is 2.50 bits per heavy atom. The molecule has 0 aliphatic heterocycles. The minimum atomic E-state index is 0.0397. The number of carbonyl (C=O) groups is 1. The number of anilines is 1. The first kappa shape index (κ1) is 14.3. The number of benzene rings is 2. The van der Waals surface area contributed by atoms with E-state index >= 15 is 0 Å². The molecule has 104 valence electrons. The van der Waals surface area contributed by atoms with Crippen molar-refractivity contribution in [3.8, 4) is 0 Å². The van der Waals surface area contributed by atoms with Crippen molar-refractivity contribution in [1.29, 1.82) is 0 Å². The maximum atomic E-state index is 12.2. The summed E-state index contributed by atoms with van der Waals surface area (Å²) < 4.78 is 0. The number of hydrogen-bond acceptors (Lipinski definition) is 1. The molecule has 0 aliphatic rings. The van der Waals surface area contributed by atoms with Crippen LogP contribution >= 0.6 is 0 Å². The number of hydrogen-bond donors (Lipinski definition) is 1. The zero-order valence-electron chi connectivity index (χ0n) is 12.4. The third kappa shape index (κ3) is 3.47. The molecular weight excluding hydrogens is 246 g/mol. The third-order valence-electron chi connectivity index (χ3n) is 3.52. The second kappa shape index (κ2) is 6.38. The normalized spacial score (nSPS) is 10.3. The number of nitrogens with one attached hydrogen (secondary N) is 1. The summed E-state index contributed by atoms with van der Waals surface area (Å²) in [7, 11) is 0. The minimum absolute atomic E-state index is 0.0397. The molecule has 0 aliphatic carbocycles. The first-order valence-corrected chi connectivity index (χ1v) is 7.04. The van der Waals surface area contributed by atoms with Gasteiger partial charge in [0, 0.05) is 5.69 Å². The van der Waals surface area contributed by atoms with Crippen LogP contribution in [-0.4, -0.2) is 5.91 Å². The lowest BCUT2D eigenvalue weighted by Gasteiger charge is -2.11. The Morgan fingerprint density at radius 2 is 1.80 bits per heavy atom. The number of rotatable bonds is 4. The molecular formula is C18H21NO. The van der Waals surface area contributed by atoms with Gasteiger partial charge in [0.1, 0.15) is 0 Å². The topological polar surface area (TPSA) is 29.1 Å². The summed E-state index contributed by atoms with van der Waals surface area (Å²) in [5, 5.41) is 3.01. The largest absolute Gasteiger partial charge is 0.326 e. The van der Waals surface area contributed by atoms with E-state index in [2.05, 4.69) is 38.2 Å². The lowest BCUT2D eigenvalue weighted by Crippen LogP contribution is -2.16. The molecule has 2 rings (SSSR count). The van der Waals surface area contributed by atoms with Crippen molar-refractivity contribution in [3.05, 3.63) is 64.7 Å². The molecule has 1 amide bonds. The molecule has 20 heavy (non-hydrogen) atoms. The molecule has 0 saturated heterocycles. The average Bonchev–Trinajstić information content (AvgIpc) is 2.42. The van der Waals surface area contributed by atoms with Crippen molar-refractivity contribution >= 4 is 11.6 Å². The van der Waals surface area contributed by atoms with Crippen molar-refractivity contribution in [1.82, 2.24) is 0 Å². The van der Waals surface area contributed by atoms with Gasteiger partial charge in [-0.05, 0) is 43.0 Å². The second-order valence-corrected chi connectivity index (χ2v) is 5.17. The summed E-state index contributed by atoms with van der Waals surface area (Å²) in [5.41, 5.74) is 5.57. The van der Waals surface area contributed by atoms with Crippen LogP contribution in [0.4, 0.5) is 5.69 Å².